The lowest BCUT2D eigenvalue weighted by atomic mass is 10.0. The minimum atomic E-state index is -4.36. The van der Waals surface area contributed by atoms with E-state index in [1.807, 2.05) is 11.0 Å². The molecule has 4 nitrogen and oxygen atoms in total. The van der Waals surface area contributed by atoms with E-state index in [0.717, 1.165) is 32.0 Å². The van der Waals surface area contributed by atoms with Gasteiger partial charge in [-0.25, -0.2) is 4.98 Å². The first-order valence-corrected chi connectivity index (χ1v) is 8.47. The van der Waals surface area contributed by atoms with Gasteiger partial charge in [-0.05, 0) is 55.8 Å². The molecule has 0 spiro atoms. The van der Waals surface area contributed by atoms with Crippen molar-refractivity contribution in [3.8, 4) is 6.07 Å². The number of hydrogen-bond acceptors (Lipinski definition) is 4. The molecule has 1 aliphatic rings. The normalized spacial score (nSPS) is 15.5. The van der Waals surface area contributed by atoms with Crippen molar-refractivity contribution < 1.29 is 13.2 Å². The van der Waals surface area contributed by atoms with Crippen molar-refractivity contribution in [3.05, 3.63) is 59.3 Å². The maximum atomic E-state index is 13.0. The summed E-state index contributed by atoms with van der Waals surface area (Å²) in [5, 5.41) is 12.2. The number of piperidine rings is 1. The zero-order valence-electron chi connectivity index (χ0n) is 14.1. The van der Waals surface area contributed by atoms with Gasteiger partial charge in [0, 0.05) is 18.8 Å². The topological polar surface area (TPSA) is 52.0 Å². The van der Waals surface area contributed by atoms with Crippen LogP contribution in [-0.4, -0.2) is 24.1 Å². The highest BCUT2D eigenvalue weighted by molar-refractivity contribution is 5.44. The van der Waals surface area contributed by atoms with E-state index in [1.54, 1.807) is 18.2 Å². The molecule has 26 heavy (non-hydrogen) atoms. The maximum Gasteiger partial charge on any atom is 0.416 e. The molecule has 0 unspecified atom stereocenters. The number of rotatable bonds is 4. The number of anilines is 1. The third-order valence-corrected chi connectivity index (χ3v) is 4.53. The highest BCUT2D eigenvalue weighted by Gasteiger charge is 2.31. The van der Waals surface area contributed by atoms with Gasteiger partial charge in [0.25, 0.3) is 0 Å². The van der Waals surface area contributed by atoms with Crippen LogP contribution in [0, 0.1) is 11.3 Å². The summed E-state index contributed by atoms with van der Waals surface area (Å²) in [6, 6.07) is 11.1. The predicted molar refractivity (Wildman–Crippen MR) is 92.5 cm³/mol. The number of aromatic nitrogens is 1. The SMILES string of the molecule is N#Cc1ccc(N(Cc2cccc(C(F)(F)F)c2)C2CCNCC2)nc1. The van der Waals surface area contributed by atoms with Gasteiger partial charge in [0.05, 0.1) is 11.1 Å². The number of nitriles is 1. The lowest BCUT2D eigenvalue weighted by molar-refractivity contribution is -0.137. The fraction of sp³-hybridized carbons (Fsp3) is 0.368. The monoisotopic (exact) mass is 360 g/mol. The number of pyridine rings is 1. The molecule has 2 heterocycles. The summed E-state index contributed by atoms with van der Waals surface area (Å²) >= 11 is 0. The maximum absolute atomic E-state index is 13.0. The summed E-state index contributed by atoms with van der Waals surface area (Å²) in [5.41, 5.74) is 0.399. The molecule has 1 aliphatic heterocycles. The average Bonchev–Trinajstić information content (AvgIpc) is 2.66. The van der Waals surface area contributed by atoms with Gasteiger partial charge in [-0.1, -0.05) is 12.1 Å². The van der Waals surface area contributed by atoms with Crippen molar-refractivity contribution in [3.63, 3.8) is 0 Å². The van der Waals surface area contributed by atoms with E-state index in [0.29, 0.717) is 23.5 Å². The highest BCUT2D eigenvalue weighted by atomic mass is 19.4. The Labute approximate surface area is 150 Å². The molecule has 0 atom stereocenters. The number of alkyl halides is 3. The van der Waals surface area contributed by atoms with Gasteiger partial charge >= 0.3 is 6.18 Å². The first-order chi connectivity index (χ1) is 12.5. The number of nitrogens with one attached hydrogen (secondary N) is 1. The van der Waals surface area contributed by atoms with Gasteiger partial charge in [-0.2, -0.15) is 18.4 Å². The van der Waals surface area contributed by atoms with Crippen LogP contribution in [0.25, 0.3) is 0 Å². The molecule has 3 rings (SSSR count). The van der Waals surface area contributed by atoms with Crippen LogP contribution in [0.2, 0.25) is 0 Å². The summed E-state index contributed by atoms with van der Waals surface area (Å²) in [4.78, 5) is 6.39. The molecule has 7 heteroatoms. The Morgan fingerprint density at radius 3 is 2.58 bits per heavy atom. The standard InChI is InChI=1S/C19H19F3N4/c20-19(21,22)16-3-1-2-14(10-16)13-26(17-6-8-24-9-7-17)18-5-4-15(11-23)12-25-18/h1-5,10,12,17,24H,6-9,13H2. The predicted octanol–water partition coefficient (Wildman–Crippen LogP) is 3.73. The van der Waals surface area contributed by atoms with Crippen LogP contribution >= 0.6 is 0 Å². The summed E-state index contributed by atoms with van der Waals surface area (Å²) in [6.45, 7) is 2.06. The van der Waals surface area contributed by atoms with E-state index >= 15 is 0 Å². The first-order valence-electron chi connectivity index (χ1n) is 8.47. The van der Waals surface area contributed by atoms with Crippen molar-refractivity contribution >= 4 is 5.82 Å². The second-order valence-corrected chi connectivity index (χ2v) is 6.32. The second kappa shape index (κ2) is 7.75. The van der Waals surface area contributed by atoms with Gasteiger partial charge in [0.15, 0.2) is 0 Å². The Kier molecular flexibility index (Phi) is 5.43. The summed E-state index contributed by atoms with van der Waals surface area (Å²) < 4.78 is 39.0. The fourth-order valence-electron chi connectivity index (χ4n) is 3.18. The van der Waals surface area contributed by atoms with Crippen molar-refractivity contribution in [2.75, 3.05) is 18.0 Å². The number of nitrogens with zero attached hydrogens (tertiary/aromatic N) is 3. The van der Waals surface area contributed by atoms with E-state index in [-0.39, 0.29) is 6.04 Å². The van der Waals surface area contributed by atoms with Gasteiger partial charge in [0.2, 0.25) is 0 Å². The van der Waals surface area contributed by atoms with Crippen LogP contribution in [0.5, 0.6) is 0 Å². The summed E-state index contributed by atoms with van der Waals surface area (Å²) in [7, 11) is 0. The molecule has 136 valence electrons. The Bertz CT molecular complexity index is 775. The zero-order chi connectivity index (χ0) is 18.6. The molecule has 0 aliphatic carbocycles. The van der Waals surface area contributed by atoms with Crippen LogP contribution in [-0.2, 0) is 12.7 Å². The minimum absolute atomic E-state index is 0.186. The van der Waals surface area contributed by atoms with Crippen molar-refractivity contribution in [2.24, 2.45) is 0 Å². The Hall–Kier alpha value is -2.59. The first kappa shape index (κ1) is 18.2. The molecular formula is C19H19F3N4. The molecule has 0 bridgehead atoms. The van der Waals surface area contributed by atoms with Crippen molar-refractivity contribution in [2.45, 2.75) is 31.6 Å². The minimum Gasteiger partial charge on any atom is -0.349 e. The third kappa shape index (κ3) is 4.33. The van der Waals surface area contributed by atoms with Crippen molar-refractivity contribution in [1.82, 2.24) is 10.3 Å². The third-order valence-electron chi connectivity index (χ3n) is 4.53. The molecule has 1 N–H and O–H groups in total. The van der Waals surface area contributed by atoms with E-state index in [4.69, 9.17) is 5.26 Å². The van der Waals surface area contributed by atoms with E-state index < -0.39 is 11.7 Å². The lowest BCUT2D eigenvalue weighted by Crippen LogP contribution is -2.43. The smallest absolute Gasteiger partial charge is 0.349 e. The van der Waals surface area contributed by atoms with Crippen LogP contribution in [0.1, 0.15) is 29.5 Å². The zero-order valence-corrected chi connectivity index (χ0v) is 14.1. The molecule has 1 fully saturated rings. The largest absolute Gasteiger partial charge is 0.416 e. The summed E-state index contributed by atoms with van der Waals surface area (Å²) in [5.74, 6) is 0.674. The molecule has 1 saturated heterocycles. The molecule has 0 radical (unpaired) electrons. The number of benzene rings is 1. The molecule has 0 amide bonds. The molecule has 1 aromatic carbocycles. The Balaban J connectivity index is 1.89. The van der Waals surface area contributed by atoms with E-state index in [2.05, 4.69) is 10.3 Å². The molecule has 0 saturated carbocycles. The number of halogens is 3. The van der Waals surface area contributed by atoms with Gasteiger partial charge < -0.3 is 10.2 Å². The quantitative estimate of drug-likeness (QED) is 0.903. The molecule has 2 aromatic rings. The van der Waals surface area contributed by atoms with E-state index in [9.17, 15) is 13.2 Å². The van der Waals surface area contributed by atoms with Crippen molar-refractivity contribution in [1.29, 1.82) is 5.26 Å². The van der Waals surface area contributed by atoms with Gasteiger partial charge in [-0.15, -0.1) is 0 Å². The second-order valence-electron chi connectivity index (χ2n) is 6.32. The summed E-state index contributed by atoms with van der Waals surface area (Å²) in [6.07, 6.45) is -1.08. The fourth-order valence-corrected chi connectivity index (χ4v) is 3.18. The average molecular weight is 360 g/mol. The molecule has 1 aromatic heterocycles. The Morgan fingerprint density at radius 2 is 1.96 bits per heavy atom. The van der Waals surface area contributed by atoms with Crippen LogP contribution in [0.4, 0.5) is 19.0 Å². The number of hydrogen-bond donors (Lipinski definition) is 1. The van der Waals surface area contributed by atoms with Gasteiger partial charge in [-0.3, -0.25) is 0 Å². The molecular weight excluding hydrogens is 341 g/mol. The van der Waals surface area contributed by atoms with E-state index in [1.165, 1.54) is 18.3 Å². The van der Waals surface area contributed by atoms with Crippen LogP contribution in [0.3, 0.4) is 0 Å². The highest BCUT2D eigenvalue weighted by Crippen LogP contribution is 2.30. The Morgan fingerprint density at radius 1 is 1.19 bits per heavy atom. The van der Waals surface area contributed by atoms with Crippen LogP contribution < -0.4 is 10.2 Å². The lowest BCUT2D eigenvalue weighted by Gasteiger charge is -2.35. The van der Waals surface area contributed by atoms with Gasteiger partial charge in [0.1, 0.15) is 11.9 Å². The van der Waals surface area contributed by atoms with Crippen LogP contribution in [0.15, 0.2) is 42.6 Å².